The van der Waals surface area contributed by atoms with E-state index in [1.54, 1.807) is 0 Å². The summed E-state index contributed by atoms with van der Waals surface area (Å²) in [5.41, 5.74) is 22.7. The Morgan fingerprint density at radius 1 is 0.377 bits per heavy atom. The average molecular weight is 676 g/mol. The van der Waals surface area contributed by atoms with Gasteiger partial charge >= 0.3 is 0 Å². The van der Waals surface area contributed by atoms with Crippen LogP contribution in [0.5, 0.6) is 0 Å². The van der Waals surface area contributed by atoms with Crippen LogP contribution in [-0.2, 0) is 10.8 Å². The van der Waals surface area contributed by atoms with E-state index in [1.165, 1.54) is 116 Å². The molecule has 0 atom stereocenters. The van der Waals surface area contributed by atoms with Crippen LogP contribution in [0.3, 0.4) is 0 Å². The quantitative estimate of drug-likeness (QED) is 0.172. The summed E-state index contributed by atoms with van der Waals surface area (Å²) in [4.78, 5) is 0. The summed E-state index contributed by atoms with van der Waals surface area (Å²) >= 11 is 0. The van der Waals surface area contributed by atoms with Gasteiger partial charge in [-0.05, 0) is 101 Å². The first-order chi connectivity index (χ1) is 25.9. The van der Waals surface area contributed by atoms with Crippen molar-refractivity contribution < 1.29 is 0 Å². The van der Waals surface area contributed by atoms with E-state index in [2.05, 4.69) is 184 Å². The van der Waals surface area contributed by atoms with Gasteiger partial charge in [0.2, 0.25) is 0 Å². The lowest BCUT2D eigenvalue weighted by molar-refractivity contribution is 0.602. The number of aromatic nitrogens is 1. The van der Waals surface area contributed by atoms with Crippen molar-refractivity contribution in [3.05, 3.63) is 174 Å². The van der Waals surface area contributed by atoms with Crippen molar-refractivity contribution in [1.29, 1.82) is 0 Å². The van der Waals surface area contributed by atoms with Crippen molar-refractivity contribution in [2.75, 3.05) is 0 Å². The highest BCUT2D eigenvalue weighted by Gasteiger charge is 2.48. The fourth-order valence-corrected chi connectivity index (χ4v) is 10.9. The summed E-state index contributed by atoms with van der Waals surface area (Å²) in [7, 11) is 0. The number of hydrogen-bond donors (Lipinski definition) is 0. The van der Waals surface area contributed by atoms with E-state index in [4.69, 9.17) is 0 Å². The highest BCUT2D eigenvalue weighted by atomic mass is 15.0. The van der Waals surface area contributed by atoms with Gasteiger partial charge in [0.1, 0.15) is 0 Å². The van der Waals surface area contributed by atoms with Gasteiger partial charge in [0, 0.05) is 32.9 Å². The van der Waals surface area contributed by atoms with Gasteiger partial charge in [-0.15, -0.1) is 0 Å². The van der Waals surface area contributed by atoms with E-state index < -0.39 is 0 Å². The van der Waals surface area contributed by atoms with Crippen molar-refractivity contribution in [2.45, 2.75) is 38.5 Å². The fourth-order valence-electron chi connectivity index (χ4n) is 10.9. The van der Waals surface area contributed by atoms with E-state index in [0.717, 1.165) is 0 Å². The Morgan fingerprint density at radius 2 is 0.887 bits per heavy atom. The van der Waals surface area contributed by atoms with Crippen molar-refractivity contribution in [3.8, 4) is 61.3 Å². The van der Waals surface area contributed by atoms with Crippen LogP contribution in [0.1, 0.15) is 49.9 Å². The molecule has 3 aliphatic carbocycles. The molecule has 12 rings (SSSR count). The Labute approximate surface area is 309 Å². The molecular weight excluding hydrogens is 639 g/mol. The standard InChI is InChI=1S/C52H37N/c1-51(2)41-21-10-7-16-38(41)45-46-40-18-9-12-23-43(40)53(50(46)47-39-17-8-11-22-42(39)52(3,4)49(47)48(45)51)31-26-24-30(25-27-31)32-28-29-37-34-15-6-5-14-33(34)36-20-13-19-35(32)44(36)37/h5-29H,1-4H3. The maximum atomic E-state index is 2.57. The summed E-state index contributed by atoms with van der Waals surface area (Å²) < 4.78 is 2.57. The van der Waals surface area contributed by atoms with Crippen molar-refractivity contribution in [3.63, 3.8) is 0 Å². The van der Waals surface area contributed by atoms with Gasteiger partial charge in [-0.2, -0.15) is 0 Å². The number of benzene rings is 8. The number of hydrogen-bond acceptors (Lipinski definition) is 0. The highest BCUT2D eigenvalue weighted by molar-refractivity contribution is 6.24. The SMILES string of the molecule is CC1(C)c2ccccc2-c2c1c1c(c3c2c2ccccc2n3-c2ccc(-c3ccc4c5c(cccc35)-c3ccccc3-4)cc2)-c2ccccc2C1(C)C. The van der Waals surface area contributed by atoms with E-state index >= 15 is 0 Å². The molecule has 0 radical (unpaired) electrons. The minimum Gasteiger partial charge on any atom is -0.309 e. The van der Waals surface area contributed by atoms with Crippen molar-refractivity contribution in [2.24, 2.45) is 0 Å². The third kappa shape index (κ3) is 3.49. The van der Waals surface area contributed by atoms with Crippen LogP contribution in [0.4, 0.5) is 0 Å². The number of nitrogens with zero attached hydrogens (tertiary/aromatic N) is 1. The first kappa shape index (κ1) is 29.4. The lowest BCUT2D eigenvalue weighted by Gasteiger charge is -2.31. The van der Waals surface area contributed by atoms with E-state index in [9.17, 15) is 0 Å². The van der Waals surface area contributed by atoms with E-state index in [-0.39, 0.29) is 10.8 Å². The molecule has 0 bridgehead atoms. The summed E-state index contributed by atoms with van der Waals surface area (Å²) in [6.45, 7) is 9.78. The lowest BCUT2D eigenvalue weighted by Crippen LogP contribution is -2.24. The minimum atomic E-state index is -0.149. The third-order valence-electron chi connectivity index (χ3n) is 13.1. The molecule has 8 aromatic carbocycles. The Hall–Kier alpha value is -6.18. The molecule has 0 fully saturated rings. The Bertz CT molecular complexity index is 3060. The second-order valence-electron chi connectivity index (χ2n) is 16.4. The van der Waals surface area contributed by atoms with Gasteiger partial charge < -0.3 is 4.57 Å². The summed E-state index contributed by atoms with van der Waals surface area (Å²) in [5.74, 6) is 0. The van der Waals surface area contributed by atoms with Crippen LogP contribution >= 0.6 is 0 Å². The van der Waals surface area contributed by atoms with Gasteiger partial charge in [-0.1, -0.05) is 161 Å². The molecule has 1 nitrogen and oxygen atoms in total. The van der Waals surface area contributed by atoms with Gasteiger partial charge in [0.15, 0.2) is 0 Å². The first-order valence-electron chi connectivity index (χ1n) is 19.0. The predicted molar refractivity (Wildman–Crippen MR) is 223 cm³/mol. The molecule has 1 heteroatoms. The topological polar surface area (TPSA) is 4.93 Å². The summed E-state index contributed by atoms with van der Waals surface area (Å²) in [6, 6.07) is 57.1. The van der Waals surface area contributed by atoms with E-state index in [1.807, 2.05) is 0 Å². The van der Waals surface area contributed by atoms with Gasteiger partial charge in [0.05, 0.1) is 11.0 Å². The van der Waals surface area contributed by atoms with Crippen LogP contribution in [0.2, 0.25) is 0 Å². The molecule has 1 heterocycles. The summed E-state index contributed by atoms with van der Waals surface area (Å²) in [5, 5.41) is 5.37. The molecule has 0 spiro atoms. The Balaban J connectivity index is 1.16. The first-order valence-corrected chi connectivity index (χ1v) is 19.0. The summed E-state index contributed by atoms with van der Waals surface area (Å²) in [6.07, 6.45) is 0. The average Bonchev–Trinajstić information content (AvgIpc) is 3.85. The van der Waals surface area contributed by atoms with E-state index in [0.29, 0.717) is 0 Å². The predicted octanol–water partition coefficient (Wildman–Crippen LogP) is 13.9. The molecule has 9 aromatic rings. The van der Waals surface area contributed by atoms with Gasteiger partial charge in [-0.25, -0.2) is 0 Å². The number of rotatable bonds is 2. The normalized spacial score (nSPS) is 15.1. The Kier molecular flexibility index (Phi) is 5.45. The lowest BCUT2D eigenvalue weighted by atomic mass is 9.72. The minimum absolute atomic E-state index is 0.130. The molecule has 1 aromatic heterocycles. The van der Waals surface area contributed by atoms with Crippen LogP contribution < -0.4 is 0 Å². The molecular formula is C52H37N. The number of fused-ring (bicyclic) bond motifs is 15. The molecule has 0 amide bonds. The van der Waals surface area contributed by atoms with Crippen LogP contribution in [0, 0.1) is 0 Å². The van der Waals surface area contributed by atoms with Crippen LogP contribution in [0.25, 0.3) is 93.9 Å². The van der Waals surface area contributed by atoms with Crippen molar-refractivity contribution >= 4 is 32.6 Å². The molecule has 0 aliphatic heterocycles. The smallest absolute Gasteiger partial charge is 0.0629 e. The third-order valence-corrected chi connectivity index (χ3v) is 13.1. The van der Waals surface area contributed by atoms with Crippen molar-refractivity contribution in [1.82, 2.24) is 4.57 Å². The maximum Gasteiger partial charge on any atom is 0.0629 e. The monoisotopic (exact) mass is 675 g/mol. The maximum absolute atomic E-state index is 2.57. The molecule has 0 N–H and O–H groups in total. The van der Waals surface area contributed by atoms with Crippen LogP contribution in [-0.4, -0.2) is 4.57 Å². The molecule has 0 saturated heterocycles. The molecule has 250 valence electrons. The van der Waals surface area contributed by atoms with Crippen LogP contribution in [0.15, 0.2) is 152 Å². The zero-order valence-corrected chi connectivity index (χ0v) is 30.4. The zero-order valence-electron chi connectivity index (χ0n) is 30.4. The molecule has 0 saturated carbocycles. The highest BCUT2D eigenvalue weighted by Crippen LogP contribution is 2.63. The molecule has 0 unspecified atom stereocenters. The Morgan fingerprint density at radius 3 is 1.58 bits per heavy atom. The largest absolute Gasteiger partial charge is 0.309 e. The van der Waals surface area contributed by atoms with Gasteiger partial charge in [-0.3, -0.25) is 0 Å². The molecule has 3 aliphatic rings. The second-order valence-corrected chi connectivity index (χ2v) is 16.4. The second kappa shape index (κ2) is 9.82. The number of para-hydroxylation sites is 1. The zero-order chi connectivity index (χ0) is 35.4. The van der Waals surface area contributed by atoms with Gasteiger partial charge in [0.25, 0.3) is 0 Å². The molecule has 53 heavy (non-hydrogen) atoms. The fraction of sp³-hybridized carbons (Fsp3) is 0.115.